The first-order chi connectivity index (χ1) is 8.72. The molecule has 100 valence electrons. The lowest BCUT2D eigenvalue weighted by atomic mass is 9.95. The number of hydrogen-bond acceptors (Lipinski definition) is 5. The van der Waals surface area contributed by atoms with E-state index in [1.807, 2.05) is 31.8 Å². The maximum absolute atomic E-state index is 4.47. The highest BCUT2D eigenvalue weighted by atomic mass is 32.2. The van der Waals surface area contributed by atoms with Gasteiger partial charge >= 0.3 is 0 Å². The Bertz CT molecular complexity index is 397. The van der Waals surface area contributed by atoms with Crippen LogP contribution in [0.4, 0.5) is 11.8 Å². The third kappa shape index (κ3) is 3.28. The lowest BCUT2D eigenvalue weighted by molar-refractivity contribution is 0.474. The van der Waals surface area contributed by atoms with E-state index in [-0.39, 0.29) is 0 Å². The second-order valence-corrected chi connectivity index (χ2v) is 5.85. The first-order valence-corrected chi connectivity index (χ1v) is 7.84. The van der Waals surface area contributed by atoms with Crippen molar-refractivity contribution < 1.29 is 0 Å². The number of rotatable bonds is 4. The Balaban J connectivity index is 2.09. The van der Waals surface area contributed by atoms with Crippen molar-refractivity contribution in [2.45, 2.75) is 43.9 Å². The summed E-state index contributed by atoms with van der Waals surface area (Å²) in [5.41, 5.74) is 0.994. The summed E-state index contributed by atoms with van der Waals surface area (Å²) in [5, 5.41) is 7.29. The summed E-state index contributed by atoms with van der Waals surface area (Å²) < 4.78 is 0. The number of hydrogen-bond donors (Lipinski definition) is 2. The molecule has 1 fully saturated rings. The first-order valence-electron chi connectivity index (χ1n) is 6.55. The summed E-state index contributed by atoms with van der Waals surface area (Å²) >= 11 is 1.97. The number of nitrogens with zero attached hydrogens (tertiary/aromatic N) is 2. The van der Waals surface area contributed by atoms with Crippen LogP contribution in [-0.2, 0) is 0 Å². The summed E-state index contributed by atoms with van der Waals surface area (Å²) in [5.74, 6) is 1.63. The summed E-state index contributed by atoms with van der Waals surface area (Å²) in [6.45, 7) is 2.00. The van der Waals surface area contributed by atoms with Crippen molar-refractivity contribution in [1.29, 1.82) is 0 Å². The van der Waals surface area contributed by atoms with Gasteiger partial charge in [0.1, 0.15) is 5.82 Å². The van der Waals surface area contributed by atoms with Crippen LogP contribution >= 0.6 is 11.8 Å². The Hall–Kier alpha value is -0.970. The quantitative estimate of drug-likeness (QED) is 0.877. The van der Waals surface area contributed by atoms with Crippen LogP contribution in [0.2, 0.25) is 0 Å². The molecule has 1 saturated carbocycles. The van der Waals surface area contributed by atoms with Gasteiger partial charge in [-0.25, -0.2) is 4.98 Å². The van der Waals surface area contributed by atoms with Crippen molar-refractivity contribution in [2.75, 3.05) is 23.9 Å². The maximum Gasteiger partial charge on any atom is 0.224 e. The molecule has 0 radical (unpaired) electrons. The minimum absolute atomic E-state index is 0.535. The molecule has 0 saturated heterocycles. The monoisotopic (exact) mass is 266 g/mol. The number of nitrogens with one attached hydrogen (secondary N) is 2. The zero-order valence-corrected chi connectivity index (χ0v) is 12.2. The molecular weight excluding hydrogens is 244 g/mol. The van der Waals surface area contributed by atoms with Gasteiger partial charge in [-0.15, -0.1) is 0 Å². The highest BCUT2D eigenvalue weighted by Gasteiger charge is 2.24. The minimum Gasteiger partial charge on any atom is -0.366 e. The van der Waals surface area contributed by atoms with E-state index in [1.54, 1.807) is 0 Å². The second kappa shape index (κ2) is 6.27. The number of aromatic nitrogens is 2. The van der Waals surface area contributed by atoms with Crippen LogP contribution in [0.15, 0.2) is 6.07 Å². The summed E-state index contributed by atoms with van der Waals surface area (Å²) in [6.07, 6.45) is 7.42. The van der Waals surface area contributed by atoms with Gasteiger partial charge in [0, 0.05) is 30.1 Å². The SMILES string of the molecule is CNc1nc(C)cc(NC2CCCCC2SC)n1. The fraction of sp³-hybridized carbons (Fsp3) is 0.692. The second-order valence-electron chi connectivity index (χ2n) is 4.78. The Morgan fingerprint density at radius 3 is 2.78 bits per heavy atom. The molecule has 18 heavy (non-hydrogen) atoms. The Morgan fingerprint density at radius 1 is 1.28 bits per heavy atom. The highest BCUT2D eigenvalue weighted by Crippen LogP contribution is 2.29. The van der Waals surface area contributed by atoms with Crippen molar-refractivity contribution in [3.8, 4) is 0 Å². The molecule has 0 aliphatic heterocycles. The number of anilines is 2. The smallest absolute Gasteiger partial charge is 0.224 e. The zero-order chi connectivity index (χ0) is 13.0. The topological polar surface area (TPSA) is 49.8 Å². The highest BCUT2D eigenvalue weighted by molar-refractivity contribution is 7.99. The molecule has 0 aromatic carbocycles. The standard InChI is InChI=1S/C13H22N4S/c1-9-8-12(17-13(14-2)15-9)16-10-6-4-5-7-11(10)18-3/h8,10-11H,4-7H2,1-3H3,(H2,14,15,16,17). The zero-order valence-electron chi connectivity index (χ0n) is 11.4. The van der Waals surface area contributed by atoms with Crippen molar-refractivity contribution in [3.63, 3.8) is 0 Å². The number of thioether (sulfide) groups is 1. The van der Waals surface area contributed by atoms with E-state index in [1.165, 1.54) is 25.7 Å². The molecule has 0 spiro atoms. The fourth-order valence-electron chi connectivity index (χ4n) is 2.49. The lowest BCUT2D eigenvalue weighted by Crippen LogP contribution is -2.34. The molecule has 1 heterocycles. The average Bonchev–Trinajstić information content (AvgIpc) is 2.38. The molecule has 2 unspecified atom stereocenters. The third-order valence-electron chi connectivity index (χ3n) is 3.42. The van der Waals surface area contributed by atoms with Crippen molar-refractivity contribution >= 4 is 23.5 Å². The van der Waals surface area contributed by atoms with Gasteiger partial charge in [-0.2, -0.15) is 16.7 Å². The van der Waals surface area contributed by atoms with Crippen LogP contribution in [0, 0.1) is 6.92 Å². The molecule has 0 bridgehead atoms. The normalized spacial score (nSPS) is 23.7. The minimum atomic E-state index is 0.535. The van der Waals surface area contributed by atoms with Gasteiger partial charge in [0.2, 0.25) is 5.95 Å². The van der Waals surface area contributed by atoms with Crippen molar-refractivity contribution in [2.24, 2.45) is 0 Å². The first kappa shape index (κ1) is 13.5. The predicted octanol–water partition coefficient (Wildman–Crippen LogP) is 2.91. The fourth-order valence-corrected chi connectivity index (χ4v) is 3.42. The Kier molecular flexibility index (Phi) is 4.69. The van der Waals surface area contributed by atoms with Crippen molar-refractivity contribution in [3.05, 3.63) is 11.8 Å². The van der Waals surface area contributed by atoms with Crippen LogP contribution in [0.5, 0.6) is 0 Å². The summed E-state index contributed by atoms with van der Waals surface area (Å²) in [6, 6.07) is 2.56. The van der Waals surface area contributed by atoms with Gasteiger partial charge in [0.25, 0.3) is 0 Å². The van der Waals surface area contributed by atoms with Crippen LogP contribution in [0.3, 0.4) is 0 Å². The van der Waals surface area contributed by atoms with Crippen LogP contribution in [0.25, 0.3) is 0 Å². The van der Waals surface area contributed by atoms with Crippen LogP contribution in [-0.4, -0.2) is 34.6 Å². The molecule has 1 aromatic heterocycles. The summed E-state index contributed by atoms with van der Waals surface area (Å²) in [4.78, 5) is 8.79. The molecule has 1 aliphatic carbocycles. The van der Waals surface area contributed by atoms with E-state index in [2.05, 4.69) is 26.9 Å². The molecule has 2 rings (SSSR count). The van der Waals surface area contributed by atoms with Crippen molar-refractivity contribution in [1.82, 2.24) is 9.97 Å². The van der Waals surface area contributed by atoms with Gasteiger partial charge in [-0.05, 0) is 26.0 Å². The molecule has 1 aliphatic rings. The van der Waals surface area contributed by atoms with Gasteiger partial charge in [-0.3, -0.25) is 0 Å². The molecule has 2 N–H and O–H groups in total. The molecule has 2 atom stereocenters. The molecule has 4 nitrogen and oxygen atoms in total. The largest absolute Gasteiger partial charge is 0.366 e. The van der Waals surface area contributed by atoms with E-state index in [0.29, 0.717) is 17.2 Å². The molecule has 1 aromatic rings. The van der Waals surface area contributed by atoms with E-state index in [9.17, 15) is 0 Å². The van der Waals surface area contributed by atoms with Gasteiger partial charge in [0.15, 0.2) is 0 Å². The third-order valence-corrected chi connectivity index (χ3v) is 4.59. The Morgan fingerprint density at radius 2 is 2.06 bits per heavy atom. The Labute approximate surface area is 113 Å². The van der Waals surface area contributed by atoms with E-state index >= 15 is 0 Å². The lowest BCUT2D eigenvalue weighted by Gasteiger charge is -2.31. The van der Waals surface area contributed by atoms with Crippen LogP contribution in [0.1, 0.15) is 31.4 Å². The van der Waals surface area contributed by atoms with Gasteiger partial charge in [-0.1, -0.05) is 12.8 Å². The molecule has 5 heteroatoms. The van der Waals surface area contributed by atoms with E-state index in [4.69, 9.17) is 0 Å². The average molecular weight is 266 g/mol. The molecule has 0 amide bonds. The summed E-state index contributed by atoms with van der Waals surface area (Å²) in [7, 11) is 1.85. The number of aryl methyl sites for hydroxylation is 1. The maximum atomic E-state index is 4.47. The predicted molar refractivity (Wildman–Crippen MR) is 79.5 cm³/mol. The van der Waals surface area contributed by atoms with E-state index in [0.717, 1.165) is 11.5 Å². The van der Waals surface area contributed by atoms with Crippen LogP contribution < -0.4 is 10.6 Å². The van der Waals surface area contributed by atoms with Gasteiger partial charge < -0.3 is 10.6 Å². The van der Waals surface area contributed by atoms with Gasteiger partial charge in [0.05, 0.1) is 0 Å². The molecular formula is C13H22N4S. The van der Waals surface area contributed by atoms with E-state index < -0.39 is 0 Å².